The first-order valence-corrected chi connectivity index (χ1v) is 12.6. The highest BCUT2D eigenvalue weighted by Gasteiger charge is 2.17. The van der Waals surface area contributed by atoms with Crippen LogP contribution in [-0.2, 0) is 12.8 Å². The van der Waals surface area contributed by atoms with E-state index in [-0.39, 0.29) is 18.0 Å². The summed E-state index contributed by atoms with van der Waals surface area (Å²) < 4.78 is 12.6. The number of hydrogen-bond donors (Lipinski definition) is 0. The van der Waals surface area contributed by atoms with Crippen LogP contribution in [0.4, 0.5) is 0 Å². The number of hydrogen-bond acceptors (Lipinski definition) is 3. The highest BCUT2D eigenvalue weighted by Crippen LogP contribution is 2.27. The predicted octanol–water partition coefficient (Wildman–Crippen LogP) is 7.98. The molecule has 2 aromatic rings. The zero-order chi connectivity index (χ0) is 23.3. The molecule has 3 nitrogen and oxygen atoms in total. The van der Waals surface area contributed by atoms with Crippen LogP contribution in [0.15, 0.2) is 42.5 Å². The quantitative estimate of drug-likeness (QED) is 0.264. The Kier molecular flexibility index (Phi) is 11.3. The molecule has 0 bridgehead atoms. The van der Waals surface area contributed by atoms with Gasteiger partial charge in [-0.25, -0.2) is 0 Å². The fraction of sp³-hybridized carbons (Fsp3) is 0.552. The van der Waals surface area contributed by atoms with E-state index < -0.39 is 0 Å². The molecule has 32 heavy (non-hydrogen) atoms. The smallest absolute Gasteiger partial charge is 0.166 e. The summed E-state index contributed by atoms with van der Waals surface area (Å²) in [6, 6.07) is 14.1. The van der Waals surface area contributed by atoms with Crippen molar-refractivity contribution in [3.63, 3.8) is 0 Å². The Labute approximate surface area is 195 Å². The van der Waals surface area contributed by atoms with Gasteiger partial charge in [0, 0.05) is 6.42 Å². The van der Waals surface area contributed by atoms with Crippen molar-refractivity contribution in [1.29, 1.82) is 0 Å². The number of aryl methyl sites for hydroxylation is 2. The Bertz CT molecular complexity index is 827. The van der Waals surface area contributed by atoms with Gasteiger partial charge in [0.15, 0.2) is 5.78 Å². The third-order valence-corrected chi connectivity index (χ3v) is 6.06. The van der Waals surface area contributed by atoms with Crippen molar-refractivity contribution >= 4 is 5.78 Å². The normalized spacial score (nSPS) is 12.9. The van der Waals surface area contributed by atoms with Crippen molar-refractivity contribution in [2.45, 2.75) is 105 Å². The molecule has 2 unspecified atom stereocenters. The number of ether oxygens (including phenoxy) is 2. The standard InChI is InChI=1S/C29H42O3/c1-6-13-24(9-4)31-28-20-17-22(8-3)21-23(28)18-19-27(30)26-15-11-12-16-29(26)32-25(10-5)14-7-2/h11-12,15-17,20-21,24-25H,6-10,13-14,18-19H2,1-5H3. The van der Waals surface area contributed by atoms with Gasteiger partial charge in [-0.05, 0) is 67.9 Å². The highest BCUT2D eigenvalue weighted by molar-refractivity contribution is 5.98. The molecule has 0 fully saturated rings. The molecule has 3 heteroatoms. The molecule has 0 spiro atoms. The Morgan fingerprint density at radius 3 is 2.03 bits per heavy atom. The maximum absolute atomic E-state index is 13.2. The molecule has 0 amide bonds. The summed E-state index contributed by atoms with van der Waals surface area (Å²) in [5.41, 5.74) is 3.09. The van der Waals surface area contributed by atoms with Gasteiger partial charge in [-0.2, -0.15) is 0 Å². The molecule has 0 saturated heterocycles. The zero-order valence-corrected chi connectivity index (χ0v) is 20.8. The fourth-order valence-electron chi connectivity index (χ4n) is 4.04. The van der Waals surface area contributed by atoms with Crippen LogP contribution >= 0.6 is 0 Å². The molecule has 2 aromatic carbocycles. The second-order valence-electron chi connectivity index (χ2n) is 8.59. The molecule has 176 valence electrons. The van der Waals surface area contributed by atoms with E-state index in [4.69, 9.17) is 9.47 Å². The number of para-hydroxylation sites is 1. The molecule has 2 rings (SSSR count). The molecule has 0 aliphatic rings. The average molecular weight is 439 g/mol. The summed E-state index contributed by atoms with van der Waals surface area (Å²) in [7, 11) is 0. The van der Waals surface area contributed by atoms with E-state index in [0.717, 1.165) is 56.3 Å². The maximum atomic E-state index is 13.2. The van der Waals surface area contributed by atoms with Gasteiger partial charge in [0.25, 0.3) is 0 Å². The lowest BCUT2D eigenvalue weighted by atomic mass is 9.99. The summed E-state index contributed by atoms with van der Waals surface area (Å²) in [6.07, 6.45) is 8.62. The molecule has 0 heterocycles. The van der Waals surface area contributed by atoms with Gasteiger partial charge in [0.1, 0.15) is 11.5 Å². The molecule has 0 aliphatic heterocycles. The molecule has 0 aromatic heterocycles. The lowest BCUT2D eigenvalue weighted by molar-refractivity contribution is 0.0973. The highest BCUT2D eigenvalue weighted by atomic mass is 16.5. The molecule has 0 saturated carbocycles. The number of rotatable bonds is 15. The van der Waals surface area contributed by atoms with Crippen LogP contribution in [0.3, 0.4) is 0 Å². The SMILES string of the molecule is CCCC(CC)Oc1ccc(CC)cc1CCC(=O)c1ccccc1OC(CC)CCC. The Morgan fingerprint density at radius 1 is 0.812 bits per heavy atom. The molecule has 2 atom stereocenters. The molecular weight excluding hydrogens is 396 g/mol. The second-order valence-corrected chi connectivity index (χ2v) is 8.59. The predicted molar refractivity (Wildman–Crippen MR) is 134 cm³/mol. The minimum Gasteiger partial charge on any atom is -0.490 e. The van der Waals surface area contributed by atoms with Gasteiger partial charge in [0.05, 0.1) is 17.8 Å². The Hall–Kier alpha value is -2.29. The molecule has 0 N–H and O–H groups in total. The number of Topliss-reactive ketones (excluding diaryl/α,β-unsaturated/α-hetero) is 1. The first-order valence-electron chi connectivity index (χ1n) is 12.6. The van der Waals surface area contributed by atoms with Crippen molar-refractivity contribution in [3.05, 3.63) is 59.2 Å². The van der Waals surface area contributed by atoms with E-state index >= 15 is 0 Å². The van der Waals surface area contributed by atoms with Gasteiger partial charge >= 0.3 is 0 Å². The number of carbonyl (C=O) groups excluding carboxylic acids is 1. The zero-order valence-electron chi connectivity index (χ0n) is 20.8. The van der Waals surface area contributed by atoms with Gasteiger partial charge in [-0.1, -0.05) is 71.7 Å². The van der Waals surface area contributed by atoms with Crippen LogP contribution in [0.25, 0.3) is 0 Å². The summed E-state index contributed by atoms with van der Waals surface area (Å²) in [4.78, 5) is 13.2. The number of carbonyl (C=O) groups is 1. The summed E-state index contributed by atoms with van der Waals surface area (Å²) in [5.74, 6) is 1.76. The lowest BCUT2D eigenvalue weighted by Gasteiger charge is -2.20. The number of ketones is 1. The van der Waals surface area contributed by atoms with Crippen LogP contribution < -0.4 is 9.47 Å². The monoisotopic (exact) mass is 438 g/mol. The third-order valence-electron chi connectivity index (χ3n) is 6.06. The minimum atomic E-state index is 0.125. The van der Waals surface area contributed by atoms with Crippen molar-refractivity contribution in [2.24, 2.45) is 0 Å². The van der Waals surface area contributed by atoms with E-state index in [1.165, 1.54) is 5.56 Å². The van der Waals surface area contributed by atoms with Gasteiger partial charge in [0.2, 0.25) is 0 Å². The fourth-order valence-corrected chi connectivity index (χ4v) is 4.04. The first-order chi connectivity index (χ1) is 15.6. The molecule has 0 aliphatic carbocycles. The molecular formula is C29H42O3. The van der Waals surface area contributed by atoms with E-state index in [2.05, 4.69) is 52.8 Å². The van der Waals surface area contributed by atoms with Crippen LogP contribution in [-0.4, -0.2) is 18.0 Å². The van der Waals surface area contributed by atoms with E-state index in [1.807, 2.05) is 24.3 Å². The minimum absolute atomic E-state index is 0.125. The van der Waals surface area contributed by atoms with Gasteiger partial charge < -0.3 is 9.47 Å². The van der Waals surface area contributed by atoms with E-state index in [9.17, 15) is 4.79 Å². The Morgan fingerprint density at radius 2 is 1.44 bits per heavy atom. The first kappa shape index (κ1) is 26.0. The van der Waals surface area contributed by atoms with E-state index in [0.29, 0.717) is 24.2 Å². The van der Waals surface area contributed by atoms with Crippen molar-refractivity contribution < 1.29 is 14.3 Å². The van der Waals surface area contributed by atoms with Crippen LogP contribution in [0.2, 0.25) is 0 Å². The summed E-state index contributed by atoms with van der Waals surface area (Å²) >= 11 is 0. The Balaban J connectivity index is 2.17. The van der Waals surface area contributed by atoms with Gasteiger partial charge in [-0.3, -0.25) is 4.79 Å². The second kappa shape index (κ2) is 14.0. The van der Waals surface area contributed by atoms with Crippen molar-refractivity contribution in [1.82, 2.24) is 0 Å². The van der Waals surface area contributed by atoms with Crippen LogP contribution in [0.1, 0.15) is 101 Å². The van der Waals surface area contributed by atoms with Gasteiger partial charge in [-0.15, -0.1) is 0 Å². The maximum Gasteiger partial charge on any atom is 0.166 e. The lowest BCUT2D eigenvalue weighted by Crippen LogP contribution is -2.17. The van der Waals surface area contributed by atoms with Crippen molar-refractivity contribution in [2.75, 3.05) is 0 Å². The molecule has 0 radical (unpaired) electrons. The van der Waals surface area contributed by atoms with Crippen molar-refractivity contribution in [3.8, 4) is 11.5 Å². The number of benzene rings is 2. The largest absolute Gasteiger partial charge is 0.490 e. The average Bonchev–Trinajstić information content (AvgIpc) is 2.82. The van der Waals surface area contributed by atoms with Crippen LogP contribution in [0.5, 0.6) is 11.5 Å². The summed E-state index contributed by atoms with van der Waals surface area (Å²) in [5, 5.41) is 0. The van der Waals surface area contributed by atoms with E-state index in [1.54, 1.807) is 0 Å². The van der Waals surface area contributed by atoms with Crippen LogP contribution in [0, 0.1) is 0 Å². The topological polar surface area (TPSA) is 35.5 Å². The third kappa shape index (κ3) is 7.69. The summed E-state index contributed by atoms with van der Waals surface area (Å²) in [6.45, 7) is 10.8.